The fourth-order valence-corrected chi connectivity index (χ4v) is 10.7. The van der Waals surface area contributed by atoms with Gasteiger partial charge in [0.25, 0.3) is 0 Å². The summed E-state index contributed by atoms with van der Waals surface area (Å²) in [6.45, 7) is 2.69. The quantitative estimate of drug-likeness (QED) is 0.217. The third-order valence-electron chi connectivity index (χ3n) is 8.73. The number of aliphatic carboxylic acids is 1. The summed E-state index contributed by atoms with van der Waals surface area (Å²) in [5, 5.41) is 20.4. The number of H-pyrrole nitrogens is 1. The molecule has 7 unspecified atom stereocenters. The standard InChI is InChI=1S/C27H30N2O6S3/c1-2-35-16-10-12(7-8-15(16)30)18-19-13-11-14(22(19)37-24-23(18)38-27(36)28-24)21-20(13)25(33)29(26(21)34)9-5-3-4-6-17(31)32/h7-8,10,13-14,18-22,30H,2-6,9,11H2,1H3,(H,28,36)(H,31,32). The Balaban J connectivity index is 1.30. The minimum atomic E-state index is -0.824. The number of amides is 2. The topological polar surface area (TPSA) is 120 Å². The Hall–Kier alpha value is -2.37. The minimum Gasteiger partial charge on any atom is -0.504 e. The summed E-state index contributed by atoms with van der Waals surface area (Å²) in [5.41, 5.74) is 1.03. The van der Waals surface area contributed by atoms with Gasteiger partial charge < -0.3 is 19.9 Å². The van der Waals surface area contributed by atoms with Crippen LogP contribution in [0.4, 0.5) is 0 Å². The number of thiazole rings is 1. The molecule has 11 heteroatoms. The third kappa shape index (κ3) is 4.08. The van der Waals surface area contributed by atoms with E-state index in [0.717, 1.165) is 21.9 Å². The number of benzene rings is 1. The van der Waals surface area contributed by atoms with E-state index in [9.17, 15) is 19.5 Å². The summed E-state index contributed by atoms with van der Waals surface area (Å²) in [6.07, 6.45) is 2.83. The van der Waals surface area contributed by atoms with Gasteiger partial charge in [0.2, 0.25) is 11.8 Å². The number of nitrogens with one attached hydrogen (secondary N) is 1. The first-order valence-electron chi connectivity index (χ1n) is 13.2. The van der Waals surface area contributed by atoms with Gasteiger partial charge in [-0.05, 0) is 73.9 Å². The first kappa shape index (κ1) is 25.9. The molecule has 0 radical (unpaired) electrons. The van der Waals surface area contributed by atoms with E-state index in [4.69, 9.17) is 22.1 Å². The number of imide groups is 1. The number of thioether (sulfide) groups is 1. The van der Waals surface area contributed by atoms with Crippen LogP contribution in [0.2, 0.25) is 0 Å². The number of hydrogen-bond acceptors (Lipinski definition) is 8. The average Bonchev–Trinajstić information content (AvgIpc) is 3.60. The molecule has 1 aromatic carbocycles. The first-order chi connectivity index (χ1) is 18.3. The van der Waals surface area contributed by atoms with Gasteiger partial charge >= 0.3 is 5.97 Å². The van der Waals surface area contributed by atoms with Gasteiger partial charge in [-0.1, -0.05) is 12.5 Å². The second kappa shape index (κ2) is 9.98. The van der Waals surface area contributed by atoms with Crippen LogP contribution in [0.15, 0.2) is 23.2 Å². The number of fused-ring (bicyclic) bond motifs is 9. The third-order valence-corrected chi connectivity index (χ3v) is 11.7. The molecule has 7 atom stereocenters. The van der Waals surface area contributed by atoms with E-state index in [1.807, 2.05) is 19.1 Å². The molecule has 2 aliphatic heterocycles. The fourth-order valence-electron chi connectivity index (χ4n) is 7.39. The van der Waals surface area contributed by atoms with Crippen LogP contribution in [0.5, 0.6) is 11.5 Å². The molecule has 2 amide bonds. The lowest BCUT2D eigenvalue weighted by Crippen LogP contribution is -2.42. The Morgan fingerprint density at radius 1 is 1.18 bits per heavy atom. The van der Waals surface area contributed by atoms with Gasteiger partial charge in [-0.15, -0.1) is 23.1 Å². The van der Waals surface area contributed by atoms with Crippen LogP contribution < -0.4 is 4.74 Å². The molecule has 2 aliphatic carbocycles. The van der Waals surface area contributed by atoms with Crippen molar-refractivity contribution in [3.8, 4) is 11.5 Å². The average molecular weight is 575 g/mol. The number of unbranched alkanes of at least 4 members (excludes halogenated alkanes) is 2. The summed E-state index contributed by atoms with van der Waals surface area (Å²) < 4.78 is 6.41. The van der Waals surface area contributed by atoms with E-state index >= 15 is 0 Å². The van der Waals surface area contributed by atoms with E-state index in [1.54, 1.807) is 29.2 Å². The minimum absolute atomic E-state index is 0.00192. The van der Waals surface area contributed by atoms with Crippen molar-refractivity contribution in [3.63, 3.8) is 0 Å². The van der Waals surface area contributed by atoms with E-state index < -0.39 is 5.97 Å². The molecule has 2 bridgehead atoms. The highest BCUT2D eigenvalue weighted by Gasteiger charge is 2.69. The lowest BCUT2D eigenvalue weighted by Gasteiger charge is -2.43. The van der Waals surface area contributed by atoms with E-state index in [2.05, 4.69) is 4.98 Å². The Kier molecular flexibility index (Phi) is 6.80. The SMILES string of the molecule is CCOc1cc(C2c3sc(=S)[nH]c3SC3C4CC(C5C(=O)N(CCCCCC(=O)O)C(=O)C45)C23)ccc1O. The largest absolute Gasteiger partial charge is 0.504 e. The van der Waals surface area contributed by atoms with Crippen LogP contribution >= 0.6 is 35.3 Å². The highest BCUT2D eigenvalue weighted by molar-refractivity contribution is 8.00. The number of rotatable bonds is 9. The van der Waals surface area contributed by atoms with Crippen molar-refractivity contribution < 1.29 is 29.3 Å². The first-order valence-corrected chi connectivity index (χ1v) is 15.3. The summed E-state index contributed by atoms with van der Waals surface area (Å²) in [6, 6.07) is 5.53. The molecular formula is C27H30N2O6S3. The van der Waals surface area contributed by atoms with Crippen molar-refractivity contribution in [2.75, 3.05) is 13.2 Å². The van der Waals surface area contributed by atoms with Gasteiger partial charge in [-0.2, -0.15) is 0 Å². The number of likely N-dealkylation sites (tertiary alicyclic amines) is 1. The number of ether oxygens (including phenoxy) is 1. The molecule has 38 heavy (non-hydrogen) atoms. The molecule has 6 rings (SSSR count). The van der Waals surface area contributed by atoms with Crippen LogP contribution in [0, 0.1) is 33.5 Å². The molecule has 3 N–H and O–H groups in total. The van der Waals surface area contributed by atoms with Crippen molar-refractivity contribution in [2.24, 2.45) is 29.6 Å². The molecule has 2 aromatic rings. The summed E-state index contributed by atoms with van der Waals surface area (Å²) >= 11 is 8.87. The normalized spacial score (nSPS) is 30.9. The van der Waals surface area contributed by atoms with Crippen molar-refractivity contribution >= 4 is 53.1 Å². The summed E-state index contributed by atoms with van der Waals surface area (Å²) in [7, 11) is 0. The van der Waals surface area contributed by atoms with Gasteiger partial charge in [0.1, 0.15) is 0 Å². The van der Waals surface area contributed by atoms with Gasteiger partial charge in [0, 0.05) is 29.0 Å². The smallest absolute Gasteiger partial charge is 0.303 e. The maximum absolute atomic E-state index is 13.6. The number of carboxylic acids is 1. The number of carbonyl (C=O) groups is 3. The van der Waals surface area contributed by atoms with Crippen molar-refractivity contribution in [3.05, 3.63) is 32.6 Å². The zero-order valence-electron chi connectivity index (χ0n) is 20.9. The van der Waals surface area contributed by atoms with Gasteiger partial charge in [-0.3, -0.25) is 19.3 Å². The lowest BCUT2D eigenvalue weighted by molar-refractivity contribution is -0.141. The maximum atomic E-state index is 13.6. The van der Waals surface area contributed by atoms with Crippen LogP contribution in [0.25, 0.3) is 0 Å². The van der Waals surface area contributed by atoms with Gasteiger partial charge in [0.15, 0.2) is 15.5 Å². The monoisotopic (exact) mass is 574 g/mol. The molecule has 3 heterocycles. The number of aromatic amines is 1. The maximum Gasteiger partial charge on any atom is 0.303 e. The Morgan fingerprint density at radius 3 is 2.68 bits per heavy atom. The molecule has 4 aliphatic rings. The molecule has 8 nitrogen and oxygen atoms in total. The van der Waals surface area contributed by atoms with Crippen LogP contribution in [-0.2, 0) is 14.4 Å². The number of hydrogen-bond donors (Lipinski definition) is 3. The van der Waals surface area contributed by atoms with E-state index in [0.29, 0.717) is 42.1 Å². The number of aromatic nitrogens is 1. The molecule has 1 aromatic heterocycles. The van der Waals surface area contributed by atoms with Crippen molar-refractivity contribution in [1.29, 1.82) is 0 Å². The highest BCUT2D eigenvalue weighted by atomic mass is 32.2. The molecular weight excluding hydrogens is 545 g/mol. The zero-order valence-corrected chi connectivity index (χ0v) is 23.4. The van der Waals surface area contributed by atoms with Crippen LogP contribution in [-0.4, -0.2) is 56.3 Å². The number of carboxylic acid groups (broad SMARTS) is 1. The van der Waals surface area contributed by atoms with Crippen LogP contribution in [0.3, 0.4) is 0 Å². The van der Waals surface area contributed by atoms with Gasteiger partial charge in [-0.25, -0.2) is 0 Å². The number of carbonyl (C=O) groups excluding carboxylic acids is 2. The van der Waals surface area contributed by atoms with Crippen LogP contribution in [0.1, 0.15) is 55.4 Å². The Labute approximate surface area is 233 Å². The summed E-state index contributed by atoms with van der Waals surface area (Å²) in [5.74, 6) is -0.570. The predicted octanol–water partition coefficient (Wildman–Crippen LogP) is 5.03. The Morgan fingerprint density at radius 2 is 1.95 bits per heavy atom. The van der Waals surface area contributed by atoms with E-state index in [-0.39, 0.29) is 64.7 Å². The molecule has 2 saturated carbocycles. The summed E-state index contributed by atoms with van der Waals surface area (Å²) in [4.78, 5) is 43.9. The number of phenols is 1. The van der Waals surface area contributed by atoms with E-state index in [1.165, 1.54) is 4.90 Å². The number of phenolic OH excluding ortho intramolecular Hbond substituents is 1. The number of nitrogens with zero attached hydrogens (tertiary/aromatic N) is 1. The predicted molar refractivity (Wildman–Crippen MR) is 145 cm³/mol. The molecule has 1 saturated heterocycles. The zero-order chi connectivity index (χ0) is 26.7. The molecule has 0 spiro atoms. The van der Waals surface area contributed by atoms with Crippen molar-refractivity contribution in [2.45, 2.75) is 55.2 Å². The second-order valence-corrected chi connectivity index (χ2v) is 13.6. The lowest BCUT2D eigenvalue weighted by atomic mass is 9.68. The molecule has 202 valence electrons. The fraction of sp³-hybridized carbons (Fsp3) is 0.556. The Bertz CT molecular complexity index is 1350. The molecule has 3 fully saturated rings. The van der Waals surface area contributed by atoms with Gasteiger partial charge in [0.05, 0.1) is 23.5 Å². The van der Waals surface area contributed by atoms with Crippen molar-refractivity contribution in [1.82, 2.24) is 9.88 Å². The highest BCUT2D eigenvalue weighted by Crippen LogP contribution is 2.69. The number of aromatic hydroxyl groups is 1. The second-order valence-electron chi connectivity index (χ2n) is 10.7.